The van der Waals surface area contributed by atoms with Gasteiger partial charge in [0.25, 0.3) is 0 Å². The molecule has 3 nitrogen and oxygen atoms in total. The smallest absolute Gasteiger partial charge is 0.0594 e. The zero-order valence-electron chi connectivity index (χ0n) is 11.2. The van der Waals surface area contributed by atoms with E-state index < -0.39 is 0 Å². The minimum absolute atomic E-state index is 0.634. The maximum absolute atomic E-state index is 5.37. The first-order valence-electron chi connectivity index (χ1n) is 6.83. The molecule has 0 radical (unpaired) electrons. The summed E-state index contributed by atoms with van der Waals surface area (Å²) in [5.74, 6) is 0. The number of rotatable bonds is 7. The summed E-state index contributed by atoms with van der Waals surface area (Å²) in [6, 6.07) is 1.34. The van der Waals surface area contributed by atoms with Crippen LogP contribution in [0.1, 0.15) is 40.0 Å². The van der Waals surface area contributed by atoms with Crippen LogP contribution in [0.25, 0.3) is 0 Å². The van der Waals surface area contributed by atoms with Crippen LogP contribution >= 0.6 is 0 Å². The van der Waals surface area contributed by atoms with Crippen LogP contribution in [0.2, 0.25) is 0 Å². The largest absolute Gasteiger partial charge is 0.379 e. The second-order valence-electron chi connectivity index (χ2n) is 4.80. The fourth-order valence-corrected chi connectivity index (χ4v) is 2.28. The first-order chi connectivity index (χ1) is 7.77. The third-order valence-corrected chi connectivity index (χ3v) is 3.50. The molecule has 0 aromatic carbocycles. The normalized spacial score (nSPS) is 21.9. The van der Waals surface area contributed by atoms with Crippen LogP contribution in [0.4, 0.5) is 0 Å². The Morgan fingerprint density at radius 2 is 1.94 bits per heavy atom. The maximum Gasteiger partial charge on any atom is 0.0594 e. The van der Waals surface area contributed by atoms with Crippen LogP contribution in [-0.2, 0) is 4.74 Å². The van der Waals surface area contributed by atoms with E-state index in [9.17, 15) is 0 Å². The molecule has 16 heavy (non-hydrogen) atoms. The van der Waals surface area contributed by atoms with Gasteiger partial charge in [-0.15, -0.1) is 0 Å². The fraction of sp³-hybridized carbons (Fsp3) is 1.00. The lowest BCUT2D eigenvalue weighted by Crippen LogP contribution is -2.47. The van der Waals surface area contributed by atoms with E-state index in [1.807, 2.05) is 0 Å². The van der Waals surface area contributed by atoms with Gasteiger partial charge in [-0.1, -0.05) is 20.3 Å². The molecule has 0 bridgehead atoms. The molecule has 1 N–H and O–H groups in total. The van der Waals surface area contributed by atoms with E-state index in [1.54, 1.807) is 0 Å². The topological polar surface area (TPSA) is 24.5 Å². The zero-order chi connectivity index (χ0) is 11.8. The lowest BCUT2D eigenvalue weighted by molar-refractivity contribution is 0.0198. The second-order valence-corrected chi connectivity index (χ2v) is 4.80. The number of nitrogens with zero attached hydrogens (tertiary/aromatic N) is 1. The summed E-state index contributed by atoms with van der Waals surface area (Å²) in [6.45, 7) is 11.9. The molecule has 2 atom stereocenters. The van der Waals surface area contributed by atoms with Gasteiger partial charge < -0.3 is 10.1 Å². The number of morpholine rings is 1. The molecule has 1 aliphatic heterocycles. The van der Waals surface area contributed by atoms with Gasteiger partial charge in [0, 0.05) is 31.7 Å². The number of nitrogens with one attached hydrogen (secondary N) is 1. The van der Waals surface area contributed by atoms with E-state index in [-0.39, 0.29) is 0 Å². The van der Waals surface area contributed by atoms with Crippen molar-refractivity contribution in [1.82, 2.24) is 10.2 Å². The van der Waals surface area contributed by atoms with E-state index in [0.29, 0.717) is 12.1 Å². The van der Waals surface area contributed by atoms with Crippen molar-refractivity contribution in [2.75, 3.05) is 32.8 Å². The Hall–Kier alpha value is -0.120. The van der Waals surface area contributed by atoms with Gasteiger partial charge in [0.05, 0.1) is 13.2 Å². The van der Waals surface area contributed by atoms with Crippen LogP contribution in [0.15, 0.2) is 0 Å². The molecule has 2 unspecified atom stereocenters. The molecule has 1 aliphatic rings. The van der Waals surface area contributed by atoms with Gasteiger partial charge in [-0.3, -0.25) is 4.90 Å². The van der Waals surface area contributed by atoms with Crippen LogP contribution in [-0.4, -0.2) is 49.8 Å². The minimum atomic E-state index is 0.634. The fourth-order valence-electron chi connectivity index (χ4n) is 2.28. The number of ether oxygens (including phenoxy) is 1. The summed E-state index contributed by atoms with van der Waals surface area (Å²) in [5, 5.41) is 3.68. The second kappa shape index (κ2) is 8.04. The van der Waals surface area contributed by atoms with Gasteiger partial charge in [0.2, 0.25) is 0 Å². The van der Waals surface area contributed by atoms with E-state index in [1.165, 1.54) is 19.3 Å². The Morgan fingerprint density at radius 1 is 1.25 bits per heavy atom. The third-order valence-electron chi connectivity index (χ3n) is 3.50. The number of hydrogen-bond acceptors (Lipinski definition) is 3. The highest BCUT2D eigenvalue weighted by atomic mass is 16.5. The molecule has 0 amide bonds. The average Bonchev–Trinajstić information content (AvgIpc) is 2.35. The monoisotopic (exact) mass is 228 g/mol. The maximum atomic E-state index is 5.37. The van der Waals surface area contributed by atoms with Crippen LogP contribution in [0, 0.1) is 0 Å². The Kier molecular flexibility index (Phi) is 7.01. The standard InChI is InChI=1S/C13H28N2O/c1-4-6-13(5-2)14-11-12(3)15-7-9-16-10-8-15/h12-14H,4-11H2,1-3H3. The van der Waals surface area contributed by atoms with Crippen LogP contribution in [0.3, 0.4) is 0 Å². The van der Waals surface area contributed by atoms with Gasteiger partial charge in [-0.2, -0.15) is 0 Å². The molecule has 1 fully saturated rings. The molecule has 0 saturated carbocycles. The summed E-state index contributed by atoms with van der Waals surface area (Å²) in [4.78, 5) is 2.52. The first-order valence-corrected chi connectivity index (χ1v) is 6.83. The highest BCUT2D eigenvalue weighted by molar-refractivity contribution is 4.74. The van der Waals surface area contributed by atoms with Gasteiger partial charge in [-0.05, 0) is 19.8 Å². The number of hydrogen-bond donors (Lipinski definition) is 1. The molecular formula is C13H28N2O. The van der Waals surface area contributed by atoms with Crippen LogP contribution < -0.4 is 5.32 Å². The minimum Gasteiger partial charge on any atom is -0.379 e. The Balaban J connectivity index is 2.19. The van der Waals surface area contributed by atoms with Crippen molar-refractivity contribution >= 4 is 0 Å². The molecule has 0 aromatic rings. The molecule has 0 spiro atoms. The summed E-state index contributed by atoms with van der Waals surface area (Å²) < 4.78 is 5.37. The van der Waals surface area contributed by atoms with Gasteiger partial charge in [-0.25, -0.2) is 0 Å². The molecule has 1 saturated heterocycles. The molecule has 1 heterocycles. The van der Waals surface area contributed by atoms with Crippen molar-refractivity contribution in [3.8, 4) is 0 Å². The predicted octanol–water partition coefficient (Wildman–Crippen LogP) is 1.88. The van der Waals surface area contributed by atoms with E-state index >= 15 is 0 Å². The van der Waals surface area contributed by atoms with E-state index in [0.717, 1.165) is 32.8 Å². The third kappa shape index (κ3) is 4.81. The molecule has 3 heteroatoms. The van der Waals surface area contributed by atoms with Crippen LogP contribution in [0.5, 0.6) is 0 Å². The SMILES string of the molecule is CCCC(CC)NCC(C)N1CCOCC1. The molecule has 1 rings (SSSR count). The van der Waals surface area contributed by atoms with Gasteiger partial charge in [0.1, 0.15) is 0 Å². The van der Waals surface area contributed by atoms with Crippen molar-refractivity contribution in [3.05, 3.63) is 0 Å². The molecule has 96 valence electrons. The highest BCUT2D eigenvalue weighted by Gasteiger charge is 2.17. The van der Waals surface area contributed by atoms with Gasteiger partial charge >= 0.3 is 0 Å². The summed E-state index contributed by atoms with van der Waals surface area (Å²) >= 11 is 0. The van der Waals surface area contributed by atoms with E-state index in [2.05, 4.69) is 31.0 Å². The lowest BCUT2D eigenvalue weighted by atomic mass is 10.1. The van der Waals surface area contributed by atoms with Crippen molar-refractivity contribution in [2.24, 2.45) is 0 Å². The Labute approximate surface area is 101 Å². The summed E-state index contributed by atoms with van der Waals surface area (Å²) in [7, 11) is 0. The Morgan fingerprint density at radius 3 is 2.50 bits per heavy atom. The quantitative estimate of drug-likeness (QED) is 0.720. The van der Waals surface area contributed by atoms with Crippen molar-refractivity contribution in [2.45, 2.75) is 52.1 Å². The first kappa shape index (κ1) is 13.9. The van der Waals surface area contributed by atoms with Crippen molar-refractivity contribution < 1.29 is 4.74 Å². The van der Waals surface area contributed by atoms with Gasteiger partial charge in [0.15, 0.2) is 0 Å². The molecule has 0 aliphatic carbocycles. The lowest BCUT2D eigenvalue weighted by Gasteiger charge is -2.33. The summed E-state index contributed by atoms with van der Waals surface area (Å²) in [6.07, 6.45) is 3.81. The van der Waals surface area contributed by atoms with Crippen molar-refractivity contribution in [3.63, 3.8) is 0 Å². The summed E-state index contributed by atoms with van der Waals surface area (Å²) in [5.41, 5.74) is 0. The van der Waals surface area contributed by atoms with E-state index in [4.69, 9.17) is 4.74 Å². The van der Waals surface area contributed by atoms with Crippen molar-refractivity contribution in [1.29, 1.82) is 0 Å². The molecular weight excluding hydrogens is 200 g/mol. The molecule has 0 aromatic heterocycles. The zero-order valence-corrected chi connectivity index (χ0v) is 11.2. The average molecular weight is 228 g/mol. The Bertz CT molecular complexity index is 169. The predicted molar refractivity (Wildman–Crippen MR) is 68.8 cm³/mol. The highest BCUT2D eigenvalue weighted by Crippen LogP contribution is 2.05.